The molecule has 18 heavy (non-hydrogen) atoms. The molecule has 2 aromatic rings. The Kier molecular flexibility index (Phi) is 3.39. The normalized spacial score (nSPS) is 18.7. The Hall–Kier alpha value is -1.65. The van der Waals surface area contributed by atoms with E-state index in [0.717, 1.165) is 26.3 Å². The zero-order chi connectivity index (χ0) is 12.2. The van der Waals surface area contributed by atoms with E-state index in [-0.39, 0.29) is 6.17 Å². The van der Waals surface area contributed by atoms with Crippen molar-refractivity contribution in [3.63, 3.8) is 0 Å². The summed E-state index contributed by atoms with van der Waals surface area (Å²) in [6.07, 6.45) is 4.02. The predicted octanol–water partition coefficient (Wildman–Crippen LogP) is 1.76. The highest BCUT2D eigenvalue weighted by molar-refractivity contribution is 5.19. The molecule has 1 saturated heterocycles. The summed E-state index contributed by atoms with van der Waals surface area (Å²) in [6.45, 7) is 3.48. The second-order valence-electron chi connectivity index (χ2n) is 4.42. The van der Waals surface area contributed by atoms with Gasteiger partial charge in [0.1, 0.15) is 6.17 Å². The van der Waals surface area contributed by atoms with E-state index in [0.29, 0.717) is 0 Å². The van der Waals surface area contributed by atoms with Crippen LogP contribution < -0.4 is 0 Å². The first kappa shape index (κ1) is 11.4. The minimum absolute atomic E-state index is 0.171. The third kappa shape index (κ3) is 2.30. The second-order valence-corrected chi connectivity index (χ2v) is 4.42. The Morgan fingerprint density at radius 3 is 2.50 bits per heavy atom. The van der Waals surface area contributed by atoms with Crippen LogP contribution in [0.2, 0.25) is 0 Å². The van der Waals surface area contributed by atoms with Crippen LogP contribution in [0.1, 0.15) is 11.7 Å². The van der Waals surface area contributed by atoms with Crippen molar-refractivity contribution in [1.82, 2.24) is 14.7 Å². The molecule has 0 N–H and O–H groups in total. The second kappa shape index (κ2) is 5.33. The van der Waals surface area contributed by atoms with Gasteiger partial charge < -0.3 is 4.74 Å². The lowest BCUT2D eigenvalue weighted by atomic mass is 10.1. The molecule has 1 aliphatic heterocycles. The van der Waals surface area contributed by atoms with Gasteiger partial charge in [-0.25, -0.2) is 0 Å². The largest absolute Gasteiger partial charge is 0.379 e. The molecule has 1 aromatic carbocycles. The zero-order valence-corrected chi connectivity index (χ0v) is 10.3. The van der Waals surface area contributed by atoms with E-state index in [9.17, 15) is 0 Å². The van der Waals surface area contributed by atoms with Crippen molar-refractivity contribution in [2.45, 2.75) is 6.17 Å². The summed E-state index contributed by atoms with van der Waals surface area (Å²) in [5, 5.41) is 4.40. The van der Waals surface area contributed by atoms with Crippen molar-refractivity contribution in [2.24, 2.45) is 0 Å². The molecule has 4 heteroatoms. The lowest BCUT2D eigenvalue weighted by molar-refractivity contribution is 0.00650. The molecule has 0 aliphatic carbocycles. The van der Waals surface area contributed by atoms with Crippen molar-refractivity contribution >= 4 is 0 Å². The van der Waals surface area contributed by atoms with Crippen molar-refractivity contribution in [3.8, 4) is 0 Å². The van der Waals surface area contributed by atoms with Gasteiger partial charge in [-0.3, -0.25) is 9.58 Å². The average molecular weight is 243 g/mol. The monoisotopic (exact) mass is 243 g/mol. The highest BCUT2D eigenvalue weighted by Gasteiger charge is 2.23. The van der Waals surface area contributed by atoms with Gasteiger partial charge in [-0.05, 0) is 11.6 Å². The smallest absolute Gasteiger partial charge is 0.130 e. The maximum Gasteiger partial charge on any atom is 0.130 e. The molecule has 3 rings (SSSR count). The molecule has 0 radical (unpaired) electrons. The van der Waals surface area contributed by atoms with Gasteiger partial charge >= 0.3 is 0 Å². The van der Waals surface area contributed by atoms with Gasteiger partial charge in [-0.1, -0.05) is 30.3 Å². The van der Waals surface area contributed by atoms with Crippen molar-refractivity contribution in [3.05, 3.63) is 54.4 Å². The first-order valence-electron chi connectivity index (χ1n) is 6.31. The highest BCUT2D eigenvalue weighted by Crippen LogP contribution is 2.22. The summed E-state index contributed by atoms with van der Waals surface area (Å²) in [5.74, 6) is 0. The summed E-state index contributed by atoms with van der Waals surface area (Å²) in [6, 6.07) is 12.5. The summed E-state index contributed by atoms with van der Waals surface area (Å²) in [4.78, 5) is 2.41. The summed E-state index contributed by atoms with van der Waals surface area (Å²) < 4.78 is 7.45. The lowest BCUT2D eigenvalue weighted by Crippen LogP contribution is -2.42. The van der Waals surface area contributed by atoms with Gasteiger partial charge in [0.15, 0.2) is 0 Å². The van der Waals surface area contributed by atoms with Crippen molar-refractivity contribution in [2.75, 3.05) is 26.3 Å². The molecule has 94 valence electrons. The Bertz CT molecular complexity index is 463. The summed E-state index contributed by atoms with van der Waals surface area (Å²) in [5.41, 5.74) is 1.27. The van der Waals surface area contributed by atoms with Crippen LogP contribution in [0.4, 0.5) is 0 Å². The number of morpholine rings is 1. The molecule has 1 aromatic heterocycles. The van der Waals surface area contributed by atoms with Crippen LogP contribution in [0.3, 0.4) is 0 Å². The van der Waals surface area contributed by atoms with E-state index >= 15 is 0 Å². The summed E-state index contributed by atoms with van der Waals surface area (Å²) in [7, 11) is 0. The molecule has 0 amide bonds. The van der Waals surface area contributed by atoms with Crippen LogP contribution >= 0.6 is 0 Å². The molecule has 1 unspecified atom stereocenters. The number of aromatic nitrogens is 2. The number of hydrogen-bond acceptors (Lipinski definition) is 3. The molecule has 0 bridgehead atoms. The van der Waals surface area contributed by atoms with E-state index in [1.54, 1.807) is 0 Å². The van der Waals surface area contributed by atoms with E-state index in [1.165, 1.54) is 5.56 Å². The first-order valence-corrected chi connectivity index (χ1v) is 6.31. The Morgan fingerprint density at radius 1 is 1.06 bits per heavy atom. The highest BCUT2D eigenvalue weighted by atomic mass is 16.5. The number of rotatable bonds is 3. The van der Waals surface area contributed by atoms with E-state index in [1.807, 2.05) is 29.2 Å². The predicted molar refractivity (Wildman–Crippen MR) is 69.2 cm³/mol. The standard InChI is InChI=1S/C14H17N3O/c1-2-5-13(6-3-1)14(17-8-4-7-15-17)16-9-11-18-12-10-16/h1-8,14H,9-12H2. The fraction of sp³-hybridized carbons (Fsp3) is 0.357. The molecule has 2 heterocycles. The van der Waals surface area contributed by atoms with Crippen LogP contribution in [0.5, 0.6) is 0 Å². The van der Waals surface area contributed by atoms with Gasteiger partial charge in [0, 0.05) is 25.5 Å². The maximum atomic E-state index is 5.43. The van der Waals surface area contributed by atoms with Gasteiger partial charge in [0.25, 0.3) is 0 Å². The van der Waals surface area contributed by atoms with Gasteiger partial charge in [0.2, 0.25) is 0 Å². The molecule has 1 aliphatic rings. The van der Waals surface area contributed by atoms with E-state index in [4.69, 9.17) is 4.74 Å². The Balaban J connectivity index is 1.93. The molecule has 4 nitrogen and oxygen atoms in total. The fourth-order valence-corrected chi connectivity index (χ4v) is 2.40. The minimum atomic E-state index is 0.171. The SMILES string of the molecule is c1ccc(C(N2CCOCC2)n2cccn2)cc1. The van der Waals surface area contributed by atoms with Gasteiger partial charge in [-0.15, -0.1) is 0 Å². The number of hydrogen-bond donors (Lipinski definition) is 0. The number of nitrogens with zero attached hydrogens (tertiary/aromatic N) is 3. The van der Waals surface area contributed by atoms with Crippen molar-refractivity contribution in [1.29, 1.82) is 0 Å². The van der Waals surface area contributed by atoms with Crippen LogP contribution in [0.15, 0.2) is 48.8 Å². The quantitative estimate of drug-likeness (QED) is 0.823. The molecule has 0 saturated carbocycles. The minimum Gasteiger partial charge on any atom is -0.379 e. The van der Waals surface area contributed by atoms with Gasteiger partial charge in [-0.2, -0.15) is 5.10 Å². The Morgan fingerprint density at radius 2 is 1.83 bits per heavy atom. The molecular formula is C14H17N3O. The molecule has 1 atom stereocenters. The third-order valence-corrected chi connectivity index (χ3v) is 3.26. The van der Waals surface area contributed by atoms with Crippen LogP contribution in [0, 0.1) is 0 Å². The number of benzene rings is 1. The van der Waals surface area contributed by atoms with Crippen LogP contribution in [-0.2, 0) is 4.74 Å². The van der Waals surface area contributed by atoms with Crippen molar-refractivity contribution < 1.29 is 4.74 Å². The van der Waals surface area contributed by atoms with Crippen LogP contribution in [-0.4, -0.2) is 41.0 Å². The Labute approximate surface area is 107 Å². The lowest BCUT2D eigenvalue weighted by Gasteiger charge is -2.34. The summed E-state index contributed by atoms with van der Waals surface area (Å²) >= 11 is 0. The molecular weight excluding hydrogens is 226 g/mol. The third-order valence-electron chi connectivity index (χ3n) is 3.26. The first-order chi connectivity index (χ1) is 8.95. The molecule has 0 spiro atoms. The average Bonchev–Trinajstić information content (AvgIpc) is 2.95. The fourth-order valence-electron chi connectivity index (χ4n) is 2.40. The van der Waals surface area contributed by atoms with E-state index in [2.05, 4.69) is 34.3 Å². The maximum absolute atomic E-state index is 5.43. The zero-order valence-electron chi connectivity index (χ0n) is 10.3. The number of ether oxygens (including phenoxy) is 1. The topological polar surface area (TPSA) is 30.3 Å². The van der Waals surface area contributed by atoms with Gasteiger partial charge in [0.05, 0.1) is 13.2 Å². The van der Waals surface area contributed by atoms with E-state index < -0.39 is 0 Å². The molecule has 1 fully saturated rings. The van der Waals surface area contributed by atoms with Crippen LogP contribution in [0.25, 0.3) is 0 Å².